The zero-order chi connectivity index (χ0) is 21.6. The molecule has 1 aromatic heterocycles. The lowest BCUT2D eigenvalue weighted by Crippen LogP contribution is -2.26. The first kappa shape index (κ1) is 20.3. The van der Waals surface area contributed by atoms with Gasteiger partial charge in [-0.2, -0.15) is 4.98 Å². The van der Waals surface area contributed by atoms with Gasteiger partial charge in [-0.1, -0.05) is 60.2 Å². The molecule has 0 atom stereocenters. The van der Waals surface area contributed by atoms with E-state index in [2.05, 4.69) is 9.97 Å². The van der Waals surface area contributed by atoms with Crippen LogP contribution in [-0.4, -0.2) is 27.8 Å². The molecule has 5 nitrogen and oxygen atoms in total. The van der Waals surface area contributed by atoms with Crippen molar-refractivity contribution in [2.45, 2.75) is 13.5 Å². The molecule has 4 rings (SSSR count). The first-order chi connectivity index (χ1) is 15.1. The predicted octanol–water partition coefficient (Wildman–Crippen LogP) is 5.52. The van der Waals surface area contributed by atoms with Gasteiger partial charge < -0.3 is 9.64 Å². The van der Waals surface area contributed by atoms with Crippen molar-refractivity contribution in [1.29, 1.82) is 0 Å². The van der Waals surface area contributed by atoms with Crippen LogP contribution < -0.4 is 4.74 Å². The molecule has 31 heavy (non-hydrogen) atoms. The number of hydrogen-bond acceptors (Lipinski definition) is 4. The summed E-state index contributed by atoms with van der Waals surface area (Å²) in [5, 5.41) is 0. The smallest absolute Gasteiger partial charge is 0.253 e. The van der Waals surface area contributed by atoms with E-state index >= 15 is 0 Å². The molecular formula is C26H23N3O2. The van der Waals surface area contributed by atoms with Gasteiger partial charge in [0.2, 0.25) is 5.88 Å². The van der Waals surface area contributed by atoms with Crippen molar-refractivity contribution in [3.63, 3.8) is 0 Å². The number of rotatable bonds is 6. The molecule has 0 unspecified atom stereocenters. The highest BCUT2D eigenvalue weighted by molar-refractivity contribution is 5.94. The van der Waals surface area contributed by atoms with Crippen LogP contribution in [-0.2, 0) is 6.54 Å². The number of nitrogens with zero attached hydrogens (tertiary/aromatic N) is 3. The van der Waals surface area contributed by atoms with Crippen molar-refractivity contribution in [2.24, 2.45) is 0 Å². The van der Waals surface area contributed by atoms with E-state index in [9.17, 15) is 4.79 Å². The van der Waals surface area contributed by atoms with Gasteiger partial charge in [0, 0.05) is 37.0 Å². The number of amides is 1. The van der Waals surface area contributed by atoms with Crippen molar-refractivity contribution in [1.82, 2.24) is 14.9 Å². The number of hydrogen-bond donors (Lipinski definition) is 0. The van der Waals surface area contributed by atoms with E-state index in [1.54, 1.807) is 48.5 Å². The van der Waals surface area contributed by atoms with Gasteiger partial charge >= 0.3 is 0 Å². The summed E-state index contributed by atoms with van der Waals surface area (Å²) in [6.07, 6.45) is 1.67. The topological polar surface area (TPSA) is 55.3 Å². The van der Waals surface area contributed by atoms with E-state index in [1.807, 2.05) is 61.5 Å². The van der Waals surface area contributed by atoms with Crippen LogP contribution in [0.25, 0.3) is 11.4 Å². The molecule has 0 N–H and O–H groups in total. The molecule has 1 heterocycles. The van der Waals surface area contributed by atoms with Crippen LogP contribution in [0.5, 0.6) is 11.6 Å². The second-order valence-electron chi connectivity index (χ2n) is 7.36. The Morgan fingerprint density at radius 1 is 0.903 bits per heavy atom. The number of carbonyl (C=O) groups excluding carboxylic acids is 1. The maximum Gasteiger partial charge on any atom is 0.253 e. The Morgan fingerprint density at radius 2 is 1.61 bits per heavy atom. The van der Waals surface area contributed by atoms with Crippen LogP contribution in [0.15, 0.2) is 91.1 Å². The van der Waals surface area contributed by atoms with Crippen LogP contribution in [0, 0.1) is 6.92 Å². The summed E-state index contributed by atoms with van der Waals surface area (Å²) in [4.78, 5) is 23.2. The number of aryl methyl sites for hydroxylation is 1. The van der Waals surface area contributed by atoms with Gasteiger partial charge in [-0.3, -0.25) is 4.79 Å². The standard InChI is InChI=1S/C26H23N3O2/c1-19-8-10-21(11-9-19)25-27-17-16-24(28-25)31-23-14-12-22(13-15-23)26(30)29(2)18-20-6-4-3-5-7-20/h3-17H,18H2,1-2H3. The average Bonchev–Trinajstić information content (AvgIpc) is 2.80. The minimum atomic E-state index is -0.0425. The van der Waals surface area contributed by atoms with Gasteiger partial charge in [-0.05, 0) is 36.8 Å². The van der Waals surface area contributed by atoms with E-state index in [-0.39, 0.29) is 5.91 Å². The van der Waals surface area contributed by atoms with Crippen molar-refractivity contribution in [3.8, 4) is 23.0 Å². The maximum absolute atomic E-state index is 12.7. The predicted molar refractivity (Wildman–Crippen MR) is 121 cm³/mol. The SMILES string of the molecule is Cc1ccc(-c2nccc(Oc3ccc(C(=O)N(C)Cc4ccccc4)cc3)n2)cc1. The summed E-state index contributed by atoms with van der Waals surface area (Å²) in [5.74, 6) is 1.62. The Morgan fingerprint density at radius 3 is 2.32 bits per heavy atom. The minimum absolute atomic E-state index is 0.0425. The molecule has 0 spiro atoms. The number of carbonyl (C=O) groups is 1. The van der Waals surface area contributed by atoms with Crippen molar-refractivity contribution < 1.29 is 9.53 Å². The Hall–Kier alpha value is -3.99. The fourth-order valence-corrected chi connectivity index (χ4v) is 3.18. The third-order valence-electron chi connectivity index (χ3n) is 4.87. The van der Waals surface area contributed by atoms with Crippen molar-refractivity contribution in [3.05, 3.63) is 108 Å². The van der Waals surface area contributed by atoms with Gasteiger partial charge in [0.1, 0.15) is 5.75 Å². The lowest BCUT2D eigenvalue weighted by molar-refractivity contribution is 0.0785. The molecule has 0 aliphatic rings. The third kappa shape index (κ3) is 5.14. The fraction of sp³-hybridized carbons (Fsp3) is 0.115. The summed E-state index contributed by atoms with van der Waals surface area (Å²) in [6.45, 7) is 2.60. The highest BCUT2D eigenvalue weighted by Crippen LogP contribution is 2.23. The van der Waals surface area contributed by atoms with Gasteiger partial charge in [-0.25, -0.2) is 4.98 Å². The van der Waals surface area contributed by atoms with Crippen LogP contribution >= 0.6 is 0 Å². The quantitative estimate of drug-likeness (QED) is 0.421. The highest BCUT2D eigenvalue weighted by atomic mass is 16.5. The molecule has 0 saturated heterocycles. The number of benzene rings is 3. The second-order valence-corrected chi connectivity index (χ2v) is 7.36. The van der Waals surface area contributed by atoms with E-state index in [4.69, 9.17) is 4.74 Å². The number of aromatic nitrogens is 2. The van der Waals surface area contributed by atoms with E-state index in [1.165, 1.54) is 5.56 Å². The van der Waals surface area contributed by atoms with Crippen molar-refractivity contribution >= 4 is 5.91 Å². The summed E-state index contributed by atoms with van der Waals surface area (Å²) in [5.41, 5.74) is 3.80. The van der Waals surface area contributed by atoms with Gasteiger partial charge in [0.15, 0.2) is 5.82 Å². The Balaban J connectivity index is 1.43. The maximum atomic E-state index is 12.7. The molecule has 0 bridgehead atoms. The minimum Gasteiger partial charge on any atom is -0.439 e. The van der Waals surface area contributed by atoms with Gasteiger partial charge in [0.25, 0.3) is 5.91 Å². The molecule has 0 radical (unpaired) electrons. The molecule has 0 aliphatic heterocycles. The largest absolute Gasteiger partial charge is 0.439 e. The summed E-state index contributed by atoms with van der Waals surface area (Å²) >= 11 is 0. The lowest BCUT2D eigenvalue weighted by atomic mass is 10.1. The highest BCUT2D eigenvalue weighted by Gasteiger charge is 2.12. The Labute approximate surface area is 182 Å². The first-order valence-electron chi connectivity index (χ1n) is 10.1. The lowest BCUT2D eigenvalue weighted by Gasteiger charge is -2.17. The molecule has 154 valence electrons. The number of ether oxygens (including phenoxy) is 1. The molecule has 1 amide bonds. The summed E-state index contributed by atoms with van der Waals surface area (Å²) in [6, 6.07) is 26.7. The summed E-state index contributed by atoms with van der Waals surface area (Å²) in [7, 11) is 1.80. The molecule has 5 heteroatoms. The van der Waals surface area contributed by atoms with Gasteiger partial charge in [-0.15, -0.1) is 0 Å². The van der Waals surface area contributed by atoms with Crippen LogP contribution in [0.2, 0.25) is 0 Å². The average molecular weight is 409 g/mol. The van der Waals surface area contributed by atoms with Crippen LogP contribution in [0.4, 0.5) is 0 Å². The molecule has 4 aromatic rings. The molecule has 0 fully saturated rings. The molecule has 0 saturated carbocycles. The van der Waals surface area contributed by atoms with E-state index < -0.39 is 0 Å². The van der Waals surface area contributed by atoms with Crippen LogP contribution in [0.3, 0.4) is 0 Å². The normalized spacial score (nSPS) is 10.5. The monoisotopic (exact) mass is 409 g/mol. The zero-order valence-electron chi connectivity index (χ0n) is 17.5. The second kappa shape index (κ2) is 9.22. The van der Waals surface area contributed by atoms with Crippen molar-refractivity contribution in [2.75, 3.05) is 7.05 Å². The van der Waals surface area contributed by atoms with Crippen LogP contribution in [0.1, 0.15) is 21.5 Å². The molecular weight excluding hydrogens is 386 g/mol. The van der Waals surface area contributed by atoms with Gasteiger partial charge in [0.05, 0.1) is 0 Å². The Kier molecular flexibility index (Phi) is 6.03. The summed E-state index contributed by atoms with van der Waals surface area (Å²) < 4.78 is 5.88. The third-order valence-corrected chi connectivity index (χ3v) is 4.87. The molecule has 0 aliphatic carbocycles. The Bertz CT molecular complexity index is 1160. The molecule has 3 aromatic carbocycles. The fourth-order valence-electron chi connectivity index (χ4n) is 3.18. The van der Waals surface area contributed by atoms with E-state index in [0.29, 0.717) is 29.6 Å². The zero-order valence-corrected chi connectivity index (χ0v) is 17.5. The first-order valence-corrected chi connectivity index (χ1v) is 10.1. The van der Waals surface area contributed by atoms with E-state index in [0.717, 1.165) is 11.1 Å².